The lowest BCUT2D eigenvalue weighted by Crippen LogP contribution is -2.13. The lowest BCUT2D eigenvalue weighted by molar-refractivity contribution is -0.112. The Morgan fingerprint density at radius 2 is 1.91 bits per heavy atom. The Labute approximate surface area is 138 Å². The van der Waals surface area contributed by atoms with Crippen LogP contribution in [0.5, 0.6) is 0 Å². The van der Waals surface area contributed by atoms with Gasteiger partial charge in [-0.05, 0) is 41.8 Å². The van der Waals surface area contributed by atoms with Gasteiger partial charge in [-0.15, -0.1) is 0 Å². The van der Waals surface area contributed by atoms with Gasteiger partial charge in [0.1, 0.15) is 11.6 Å². The maximum absolute atomic E-state index is 12.2. The molecule has 0 aliphatic heterocycles. The number of amides is 1. The molecule has 0 aliphatic rings. The first-order valence-electron chi connectivity index (χ1n) is 6.90. The van der Waals surface area contributed by atoms with E-state index in [1.807, 2.05) is 54.6 Å². The number of benzene rings is 2. The molecule has 0 saturated heterocycles. The maximum atomic E-state index is 12.2. The fourth-order valence-corrected chi connectivity index (χ4v) is 2.32. The van der Waals surface area contributed by atoms with Crippen molar-refractivity contribution in [2.45, 2.75) is 13.3 Å². The predicted octanol–water partition coefficient (Wildman–Crippen LogP) is 4.56. The van der Waals surface area contributed by atoms with Crippen LogP contribution in [0.4, 0.5) is 5.69 Å². The van der Waals surface area contributed by atoms with Crippen LogP contribution in [0.15, 0.2) is 58.6 Å². The zero-order chi connectivity index (χ0) is 15.9. The SMILES string of the molecule is CCc1ccc(NC(=O)/C(C#N)=C/c2ccccc2Br)cc1. The lowest BCUT2D eigenvalue weighted by Gasteiger charge is -2.05. The van der Waals surface area contributed by atoms with E-state index < -0.39 is 5.91 Å². The van der Waals surface area contributed by atoms with Crippen molar-refractivity contribution in [2.24, 2.45) is 0 Å². The smallest absolute Gasteiger partial charge is 0.266 e. The van der Waals surface area contributed by atoms with Crippen LogP contribution < -0.4 is 5.32 Å². The van der Waals surface area contributed by atoms with E-state index in [1.165, 1.54) is 5.56 Å². The minimum atomic E-state index is -0.414. The molecule has 110 valence electrons. The summed E-state index contributed by atoms with van der Waals surface area (Å²) in [5, 5.41) is 12.0. The number of nitrogens with one attached hydrogen (secondary N) is 1. The van der Waals surface area contributed by atoms with Crippen LogP contribution >= 0.6 is 15.9 Å². The van der Waals surface area contributed by atoms with Crippen molar-refractivity contribution in [3.05, 3.63) is 69.7 Å². The van der Waals surface area contributed by atoms with Crippen LogP contribution in [0, 0.1) is 11.3 Å². The molecule has 0 spiro atoms. The van der Waals surface area contributed by atoms with E-state index in [2.05, 4.69) is 28.2 Å². The summed E-state index contributed by atoms with van der Waals surface area (Å²) in [5.74, 6) is -0.414. The summed E-state index contributed by atoms with van der Waals surface area (Å²) < 4.78 is 0.836. The summed E-state index contributed by atoms with van der Waals surface area (Å²) in [5.41, 5.74) is 2.72. The van der Waals surface area contributed by atoms with Crippen LogP contribution in [0.3, 0.4) is 0 Å². The molecule has 1 amide bonds. The van der Waals surface area contributed by atoms with Crippen molar-refractivity contribution >= 4 is 33.6 Å². The van der Waals surface area contributed by atoms with E-state index in [0.717, 1.165) is 16.5 Å². The highest BCUT2D eigenvalue weighted by Crippen LogP contribution is 2.19. The van der Waals surface area contributed by atoms with Crippen LogP contribution in [-0.2, 0) is 11.2 Å². The molecule has 0 heterocycles. The first kappa shape index (κ1) is 16.0. The maximum Gasteiger partial charge on any atom is 0.266 e. The molecule has 2 aromatic carbocycles. The van der Waals surface area contributed by atoms with Gasteiger partial charge in [0.2, 0.25) is 0 Å². The van der Waals surface area contributed by atoms with Gasteiger partial charge in [-0.3, -0.25) is 4.79 Å². The zero-order valence-electron chi connectivity index (χ0n) is 12.1. The summed E-state index contributed by atoms with van der Waals surface area (Å²) in [7, 11) is 0. The second kappa shape index (κ2) is 7.58. The number of hydrogen-bond acceptors (Lipinski definition) is 2. The molecule has 0 aliphatic carbocycles. The van der Waals surface area contributed by atoms with Crippen LogP contribution in [0.2, 0.25) is 0 Å². The first-order valence-corrected chi connectivity index (χ1v) is 7.70. The fraction of sp³-hybridized carbons (Fsp3) is 0.111. The molecular formula is C18H15BrN2O. The monoisotopic (exact) mass is 354 g/mol. The minimum Gasteiger partial charge on any atom is -0.321 e. The third-order valence-electron chi connectivity index (χ3n) is 3.19. The van der Waals surface area contributed by atoms with Gasteiger partial charge in [0.05, 0.1) is 0 Å². The summed E-state index contributed by atoms with van der Waals surface area (Å²) in [6.45, 7) is 2.07. The van der Waals surface area contributed by atoms with Gasteiger partial charge in [0.25, 0.3) is 5.91 Å². The number of anilines is 1. The van der Waals surface area contributed by atoms with Crippen molar-refractivity contribution in [2.75, 3.05) is 5.32 Å². The number of hydrogen-bond donors (Lipinski definition) is 1. The molecule has 0 aromatic heterocycles. The minimum absolute atomic E-state index is 0.0615. The topological polar surface area (TPSA) is 52.9 Å². The van der Waals surface area contributed by atoms with Crippen molar-refractivity contribution in [3.63, 3.8) is 0 Å². The number of nitriles is 1. The Morgan fingerprint density at radius 3 is 2.50 bits per heavy atom. The van der Waals surface area contributed by atoms with E-state index in [9.17, 15) is 10.1 Å². The number of carbonyl (C=O) groups excluding carboxylic acids is 1. The average molecular weight is 355 g/mol. The van der Waals surface area contributed by atoms with Gasteiger partial charge in [0.15, 0.2) is 0 Å². The third-order valence-corrected chi connectivity index (χ3v) is 3.91. The van der Waals surface area contributed by atoms with E-state index in [4.69, 9.17) is 0 Å². The molecule has 0 atom stereocenters. The quantitative estimate of drug-likeness (QED) is 0.646. The lowest BCUT2D eigenvalue weighted by atomic mass is 10.1. The van der Waals surface area contributed by atoms with Crippen molar-refractivity contribution < 1.29 is 4.79 Å². The molecule has 1 N–H and O–H groups in total. The summed E-state index contributed by atoms with van der Waals surface area (Å²) >= 11 is 3.40. The zero-order valence-corrected chi connectivity index (χ0v) is 13.7. The average Bonchev–Trinajstić information content (AvgIpc) is 2.54. The normalized spacial score (nSPS) is 10.9. The number of rotatable bonds is 4. The molecule has 0 unspecified atom stereocenters. The Bertz CT molecular complexity index is 742. The Balaban J connectivity index is 2.19. The molecule has 0 radical (unpaired) electrons. The number of halogens is 1. The van der Waals surface area contributed by atoms with Crippen LogP contribution in [0.1, 0.15) is 18.1 Å². The van der Waals surface area contributed by atoms with Crippen molar-refractivity contribution in [1.82, 2.24) is 0 Å². The van der Waals surface area contributed by atoms with Crippen LogP contribution in [0.25, 0.3) is 6.08 Å². The molecule has 22 heavy (non-hydrogen) atoms. The molecule has 0 fully saturated rings. The van der Waals surface area contributed by atoms with Gasteiger partial charge in [0, 0.05) is 10.2 Å². The van der Waals surface area contributed by atoms with Crippen molar-refractivity contribution in [3.8, 4) is 6.07 Å². The molecular weight excluding hydrogens is 340 g/mol. The molecule has 2 rings (SSSR count). The van der Waals surface area contributed by atoms with E-state index in [0.29, 0.717) is 5.69 Å². The Hall–Kier alpha value is -2.38. The predicted molar refractivity (Wildman–Crippen MR) is 92.2 cm³/mol. The van der Waals surface area contributed by atoms with E-state index in [-0.39, 0.29) is 5.57 Å². The molecule has 0 bridgehead atoms. The van der Waals surface area contributed by atoms with Gasteiger partial charge in [-0.2, -0.15) is 5.26 Å². The second-order valence-corrected chi connectivity index (χ2v) is 5.55. The number of carbonyl (C=O) groups is 1. The van der Waals surface area contributed by atoms with Gasteiger partial charge >= 0.3 is 0 Å². The molecule has 4 heteroatoms. The summed E-state index contributed by atoms with van der Waals surface area (Å²) in [6, 6.07) is 17.0. The summed E-state index contributed by atoms with van der Waals surface area (Å²) in [4.78, 5) is 12.2. The second-order valence-electron chi connectivity index (χ2n) is 4.70. The van der Waals surface area contributed by atoms with Gasteiger partial charge in [-0.25, -0.2) is 0 Å². The highest BCUT2D eigenvalue weighted by Gasteiger charge is 2.10. The van der Waals surface area contributed by atoms with E-state index >= 15 is 0 Å². The standard InChI is InChI=1S/C18H15BrN2O/c1-2-13-7-9-16(10-8-13)21-18(22)15(12-20)11-14-5-3-4-6-17(14)19/h3-11H,2H2,1H3,(H,21,22)/b15-11+. The number of aryl methyl sites for hydroxylation is 1. The van der Waals surface area contributed by atoms with Crippen molar-refractivity contribution in [1.29, 1.82) is 5.26 Å². The largest absolute Gasteiger partial charge is 0.321 e. The first-order chi connectivity index (χ1) is 10.6. The van der Waals surface area contributed by atoms with Crippen LogP contribution in [-0.4, -0.2) is 5.91 Å². The highest BCUT2D eigenvalue weighted by atomic mass is 79.9. The third kappa shape index (κ3) is 4.06. The van der Waals surface area contributed by atoms with E-state index in [1.54, 1.807) is 6.08 Å². The molecule has 2 aromatic rings. The molecule has 3 nitrogen and oxygen atoms in total. The fourth-order valence-electron chi connectivity index (χ4n) is 1.92. The molecule has 0 saturated carbocycles. The Kier molecular flexibility index (Phi) is 5.51. The summed E-state index contributed by atoms with van der Waals surface area (Å²) in [6.07, 6.45) is 2.51. The van der Waals surface area contributed by atoms with Gasteiger partial charge < -0.3 is 5.32 Å². The van der Waals surface area contributed by atoms with Gasteiger partial charge in [-0.1, -0.05) is 53.2 Å². The highest BCUT2D eigenvalue weighted by molar-refractivity contribution is 9.10. The number of nitrogens with zero attached hydrogens (tertiary/aromatic N) is 1. The Morgan fingerprint density at radius 1 is 1.23 bits per heavy atom.